The first kappa shape index (κ1) is 14.7. The molecule has 0 unspecified atom stereocenters. The number of hydrogen-bond acceptors (Lipinski definition) is 4. The molecule has 6 nitrogen and oxygen atoms in total. The van der Waals surface area contributed by atoms with Crippen LogP contribution >= 0.6 is 27.5 Å². The van der Waals surface area contributed by atoms with E-state index < -0.39 is 16.7 Å². The maximum Gasteiger partial charge on any atom is 0.270 e. The molecule has 0 spiro atoms. The predicted octanol–water partition coefficient (Wildman–Crippen LogP) is 3.81. The van der Waals surface area contributed by atoms with Gasteiger partial charge in [0.1, 0.15) is 0 Å². The highest BCUT2D eigenvalue weighted by atomic mass is 79.9. The molecule has 0 N–H and O–H groups in total. The second-order valence-electron chi connectivity index (χ2n) is 4.53. The lowest BCUT2D eigenvalue weighted by molar-refractivity contribution is -0.384. The van der Waals surface area contributed by atoms with Gasteiger partial charge in [0.2, 0.25) is 0 Å². The third kappa shape index (κ3) is 2.18. The van der Waals surface area contributed by atoms with Crippen molar-refractivity contribution in [1.29, 1.82) is 0 Å². The topological polar surface area (TPSA) is 80.5 Å². The highest BCUT2D eigenvalue weighted by Crippen LogP contribution is 2.33. The maximum atomic E-state index is 12.4. The van der Waals surface area contributed by atoms with E-state index >= 15 is 0 Å². The first-order chi connectivity index (χ1) is 10.4. The van der Waals surface area contributed by atoms with Crippen molar-refractivity contribution in [2.24, 2.45) is 0 Å². The summed E-state index contributed by atoms with van der Waals surface area (Å²) in [5.41, 5.74) is 0.213. The van der Waals surface area contributed by atoms with Crippen molar-refractivity contribution in [1.82, 2.24) is 0 Å². The van der Waals surface area contributed by atoms with Crippen LogP contribution < -0.4 is 4.90 Å². The van der Waals surface area contributed by atoms with Crippen LogP contribution in [-0.4, -0.2) is 16.7 Å². The summed E-state index contributed by atoms with van der Waals surface area (Å²) in [7, 11) is 0. The monoisotopic (exact) mass is 380 g/mol. The van der Waals surface area contributed by atoms with Crippen LogP contribution in [0.1, 0.15) is 20.7 Å². The lowest BCUT2D eigenvalue weighted by Gasteiger charge is -2.14. The lowest BCUT2D eigenvalue weighted by Crippen LogP contribution is -2.29. The Morgan fingerprint density at radius 2 is 1.73 bits per heavy atom. The highest BCUT2D eigenvalue weighted by molar-refractivity contribution is 9.10. The molecule has 2 aromatic rings. The van der Waals surface area contributed by atoms with Gasteiger partial charge in [-0.1, -0.05) is 11.6 Å². The Bertz CT molecular complexity index is 853. The first-order valence-electron chi connectivity index (χ1n) is 6.02. The minimum Gasteiger partial charge on any atom is -0.268 e. The van der Waals surface area contributed by atoms with Gasteiger partial charge in [-0.2, -0.15) is 0 Å². The lowest BCUT2D eigenvalue weighted by atomic mass is 10.1. The smallest absolute Gasteiger partial charge is 0.268 e. The van der Waals surface area contributed by atoms with Crippen LogP contribution in [0.2, 0.25) is 5.02 Å². The average Bonchev–Trinajstić information content (AvgIpc) is 2.73. The molecular formula is C14H6BrClN2O4. The number of carbonyl (C=O) groups excluding carboxylic acids is 2. The van der Waals surface area contributed by atoms with Crippen molar-refractivity contribution in [3.8, 4) is 0 Å². The molecule has 0 bridgehead atoms. The Labute approximate surface area is 137 Å². The standard InChI is InChI=1S/C14H6BrClN2O4/c15-11-4-2-7(6-12(11)16)17-13(19)9-3-1-8(18(21)22)5-10(9)14(17)20/h1-6H. The van der Waals surface area contributed by atoms with E-state index in [1.165, 1.54) is 18.2 Å². The zero-order valence-electron chi connectivity index (χ0n) is 10.7. The number of imide groups is 1. The molecule has 110 valence electrons. The number of rotatable bonds is 2. The fourth-order valence-electron chi connectivity index (χ4n) is 2.20. The van der Waals surface area contributed by atoms with Gasteiger partial charge in [-0.05, 0) is 40.2 Å². The van der Waals surface area contributed by atoms with E-state index in [0.29, 0.717) is 15.2 Å². The van der Waals surface area contributed by atoms with Crippen LogP contribution in [0.15, 0.2) is 40.9 Å². The van der Waals surface area contributed by atoms with Crippen LogP contribution in [0.25, 0.3) is 0 Å². The summed E-state index contributed by atoms with van der Waals surface area (Å²) >= 11 is 9.21. The second-order valence-corrected chi connectivity index (χ2v) is 5.79. The van der Waals surface area contributed by atoms with Gasteiger partial charge in [-0.25, -0.2) is 4.90 Å². The molecule has 0 saturated carbocycles. The largest absolute Gasteiger partial charge is 0.270 e. The van der Waals surface area contributed by atoms with Crippen LogP contribution in [0.4, 0.5) is 11.4 Å². The Morgan fingerprint density at radius 3 is 2.36 bits per heavy atom. The number of amides is 2. The van der Waals surface area contributed by atoms with E-state index in [0.717, 1.165) is 11.0 Å². The van der Waals surface area contributed by atoms with Gasteiger partial charge in [-0.3, -0.25) is 19.7 Å². The molecule has 0 saturated heterocycles. The Kier molecular flexibility index (Phi) is 3.46. The first-order valence-corrected chi connectivity index (χ1v) is 7.19. The molecule has 1 heterocycles. The Hall–Kier alpha value is -2.25. The summed E-state index contributed by atoms with van der Waals surface area (Å²) in [6.45, 7) is 0. The van der Waals surface area contributed by atoms with Gasteiger partial charge in [0.25, 0.3) is 17.5 Å². The number of hydrogen-bond donors (Lipinski definition) is 0. The van der Waals surface area contributed by atoms with E-state index in [1.54, 1.807) is 12.1 Å². The quantitative estimate of drug-likeness (QED) is 0.450. The van der Waals surface area contributed by atoms with Crippen molar-refractivity contribution >= 4 is 50.7 Å². The average molecular weight is 382 g/mol. The molecule has 2 amide bonds. The molecule has 0 aliphatic carbocycles. The number of carbonyl (C=O) groups is 2. The second kappa shape index (κ2) is 5.19. The van der Waals surface area contributed by atoms with Crippen molar-refractivity contribution < 1.29 is 14.5 Å². The molecule has 0 aromatic heterocycles. The van der Waals surface area contributed by atoms with Crippen molar-refractivity contribution in [3.63, 3.8) is 0 Å². The minimum atomic E-state index is -0.614. The van der Waals surface area contributed by atoms with Gasteiger partial charge in [0.05, 0.1) is 26.8 Å². The summed E-state index contributed by atoms with van der Waals surface area (Å²) in [4.78, 5) is 35.9. The van der Waals surface area contributed by atoms with Gasteiger partial charge < -0.3 is 0 Å². The molecule has 1 aliphatic rings. The zero-order chi connectivity index (χ0) is 16.0. The number of anilines is 1. The molecule has 0 fully saturated rings. The van der Waals surface area contributed by atoms with E-state index in [1.807, 2.05) is 0 Å². The van der Waals surface area contributed by atoms with E-state index in [2.05, 4.69) is 15.9 Å². The van der Waals surface area contributed by atoms with Crippen LogP contribution in [0.5, 0.6) is 0 Å². The molecule has 3 rings (SSSR count). The number of fused-ring (bicyclic) bond motifs is 1. The fourth-order valence-corrected chi connectivity index (χ4v) is 2.62. The van der Waals surface area contributed by atoms with Gasteiger partial charge >= 0.3 is 0 Å². The maximum absolute atomic E-state index is 12.4. The number of non-ortho nitro benzene ring substituents is 1. The van der Waals surface area contributed by atoms with Crippen LogP contribution in [-0.2, 0) is 0 Å². The van der Waals surface area contributed by atoms with Crippen LogP contribution in [0.3, 0.4) is 0 Å². The molecule has 2 aromatic carbocycles. The number of nitro groups is 1. The van der Waals surface area contributed by atoms with E-state index in [-0.39, 0.29) is 16.8 Å². The molecule has 1 aliphatic heterocycles. The normalized spacial score (nSPS) is 13.5. The van der Waals surface area contributed by atoms with Crippen molar-refractivity contribution in [2.45, 2.75) is 0 Å². The van der Waals surface area contributed by atoms with E-state index in [4.69, 9.17) is 11.6 Å². The third-order valence-electron chi connectivity index (χ3n) is 3.24. The van der Waals surface area contributed by atoms with Crippen LogP contribution in [0, 0.1) is 10.1 Å². The number of nitro benzene ring substituents is 1. The number of nitrogens with zero attached hydrogens (tertiary/aromatic N) is 2. The molecule has 0 atom stereocenters. The highest BCUT2D eigenvalue weighted by Gasteiger charge is 2.38. The number of halogens is 2. The van der Waals surface area contributed by atoms with Gasteiger partial charge in [0.15, 0.2) is 0 Å². The van der Waals surface area contributed by atoms with Gasteiger partial charge in [-0.15, -0.1) is 0 Å². The van der Waals surface area contributed by atoms with Crippen molar-refractivity contribution in [3.05, 3.63) is 67.1 Å². The summed E-state index contributed by atoms with van der Waals surface area (Å²) in [5, 5.41) is 11.1. The third-order valence-corrected chi connectivity index (χ3v) is 4.47. The van der Waals surface area contributed by atoms with Gasteiger partial charge in [0, 0.05) is 16.6 Å². The SMILES string of the molecule is O=C1c2ccc([N+](=O)[O-])cc2C(=O)N1c1ccc(Br)c(Cl)c1. The summed E-state index contributed by atoms with van der Waals surface area (Å²) < 4.78 is 0.630. The minimum absolute atomic E-state index is 0.0123. The Morgan fingerprint density at radius 1 is 1.05 bits per heavy atom. The predicted molar refractivity (Wildman–Crippen MR) is 83.4 cm³/mol. The molecule has 8 heteroatoms. The molecular weight excluding hydrogens is 376 g/mol. The number of benzene rings is 2. The summed E-state index contributed by atoms with van der Waals surface area (Å²) in [6, 6.07) is 8.24. The van der Waals surface area contributed by atoms with Crippen molar-refractivity contribution in [2.75, 3.05) is 4.90 Å². The fraction of sp³-hybridized carbons (Fsp3) is 0. The summed E-state index contributed by atoms with van der Waals surface area (Å²) in [6.07, 6.45) is 0. The van der Waals surface area contributed by atoms with E-state index in [9.17, 15) is 19.7 Å². The zero-order valence-corrected chi connectivity index (χ0v) is 13.1. The summed E-state index contributed by atoms with van der Waals surface area (Å²) in [5.74, 6) is -1.14. The Balaban J connectivity index is 2.09. The molecule has 22 heavy (non-hydrogen) atoms. The molecule has 0 radical (unpaired) electrons.